The molecular formula is C11H18N2S. The van der Waals surface area contributed by atoms with Gasteiger partial charge in [0.1, 0.15) is 0 Å². The highest BCUT2D eigenvalue weighted by atomic mass is 32.1. The lowest BCUT2D eigenvalue weighted by molar-refractivity contribution is 0.628. The number of hydrogen-bond acceptors (Lipinski definition) is 3. The van der Waals surface area contributed by atoms with Gasteiger partial charge >= 0.3 is 0 Å². The van der Waals surface area contributed by atoms with Crippen LogP contribution in [0.1, 0.15) is 47.7 Å². The monoisotopic (exact) mass is 210 g/mol. The van der Waals surface area contributed by atoms with Crippen molar-refractivity contribution in [2.24, 2.45) is 0 Å². The Morgan fingerprint density at radius 2 is 2.36 bits per heavy atom. The topological polar surface area (TPSA) is 24.9 Å². The van der Waals surface area contributed by atoms with Crippen LogP contribution in [-0.2, 0) is 6.42 Å². The van der Waals surface area contributed by atoms with Crippen molar-refractivity contribution < 1.29 is 0 Å². The fourth-order valence-corrected chi connectivity index (χ4v) is 3.26. The van der Waals surface area contributed by atoms with Gasteiger partial charge in [-0.1, -0.05) is 13.8 Å². The minimum absolute atomic E-state index is 0.584. The molecule has 0 aromatic carbocycles. The summed E-state index contributed by atoms with van der Waals surface area (Å²) in [6.07, 6.45) is 2.47. The first kappa shape index (κ1) is 10.1. The molecule has 1 heterocycles. The standard InChI is InChI=1S/C11H18N2S/c1-7(2)11-13-9-5-4-8(6-12-3)10(9)14-11/h7-8,12H,4-6H2,1-3H3. The minimum atomic E-state index is 0.584. The van der Waals surface area contributed by atoms with Gasteiger partial charge in [0.25, 0.3) is 0 Å². The fraction of sp³-hybridized carbons (Fsp3) is 0.727. The smallest absolute Gasteiger partial charge is 0.0956 e. The third kappa shape index (κ3) is 1.71. The first-order valence-electron chi connectivity index (χ1n) is 5.36. The highest BCUT2D eigenvalue weighted by Gasteiger charge is 2.26. The molecule has 1 aromatic rings. The molecule has 0 aliphatic heterocycles. The summed E-state index contributed by atoms with van der Waals surface area (Å²) >= 11 is 1.93. The molecule has 1 N–H and O–H groups in total. The molecular weight excluding hydrogens is 192 g/mol. The van der Waals surface area contributed by atoms with E-state index in [1.54, 1.807) is 4.88 Å². The van der Waals surface area contributed by atoms with E-state index in [1.807, 2.05) is 18.4 Å². The number of aryl methyl sites for hydroxylation is 1. The SMILES string of the molecule is CNCC1CCc2nc(C(C)C)sc21. The molecule has 14 heavy (non-hydrogen) atoms. The molecule has 0 fully saturated rings. The van der Waals surface area contributed by atoms with Crippen LogP contribution in [0.5, 0.6) is 0 Å². The summed E-state index contributed by atoms with van der Waals surface area (Å²) in [7, 11) is 2.03. The number of hydrogen-bond donors (Lipinski definition) is 1. The number of rotatable bonds is 3. The molecule has 1 unspecified atom stereocenters. The third-order valence-electron chi connectivity index (χ3n) is 2.79. The number of fused-ring (bicyclic) bond motifs is 1. The van der Waals surface area contributed by atoms with Crippen LogP contribution in [0.3, 0.4) is 0 Å². The maximum atomic E-state index is 4.71. The van der Waals surface area contributed by atoms with Crippen LogP contribution in [-0.4, -0.2) is 18.6 Å². The molecule has 78 valence electrons. The van der Waals surface area contributed by atoms with E-state index in [9.17, 15) is 0 Å². The van der Waals surface area contributed by atoms with Gasteiger partial charge in [-0.3, -0.25) is 0 Å². The molecule has 1 aliphatic carbocycles. The van der Waals surface area contributed by atoms with Crippen molar-refractivity contribution in [3.63, 3.8) is 0 Å². The van der Waals surface area contributed by atoms with Gasteiger partial charge < -0.3 is 5.32 Å². The molecule has 2 rings (SSSR count). The Labute approximate surface area is 89.8 Å². The van der Waals surface area contributed by atoms with Gasteiger partial charge in [-0.15, -0.1) is 11.3 Å². The van der Waals surface area contributed by atoms with Crippen molar-refractivity contribution in [1.82, 2.24) is 10.3 Å². The Hall–Kier alpha value is -0.410. The zero-order valence-corrected chi connectivity index (χ0v) is 9.95. The van der Waals surface area contributed by atoms with Crippen molar-refractivity contribution in [3.8, 4) is 0 Å². The predicted molar refractivity (Wildman–Crippen MR) is 61.2 cm³/mol. The third-order valence-corrected chi connectivity index (χ3v) is 4.35. The fourth-order valence-electron chi connectivity index (χ4n) is 2.01. The molecule has 0 radical (unpaired) electrons. The van der Waals surface area contributed by atoms with Gasteiger partial charge in [0.15, 0.2) is 0 Å². The summed E-state index contributed by atoms with van der Waals surface area (Å²) in [4.78, 5) is 6.26. The lowest BCUT2D eigenvalue weighted by Crippen LogP contribution is -2.14. The summed E-state index contributed by atoms with van der Waals surface area (Å²) < 4.78 is 0. The van der Waals surface area contributed by atoms with Crippen LogP contribution < -0.4 is 5.32 Å². The Kier molecular flexibility index (Phi) is 2.88. The number of nitrogens with one attached hydrogen (secondary N) is 1. The molecule has 1 aromatic heterocycles. The predicted octanol–water partition coefficient (Wildman–Crippen LogP) is 2.52. The van der Waals surface area contributed by atoms with E-state index < -0.39 is 0 Å². The average molecular weight is 210 g/mol. The molecule has 1 atom stereocenters. The molecule has 0 amide bonds. The molecule has 0 bridgehead atoms. The van der Waals surface area contributed by atoms with E-state index in [1.165, 1.54) is 23.5 Å². The van der Waals surface area contributed by atoms with Crippen LogP contribution >= 0.6 is 11.3 Å². The Balaban J connectivity index is 2.21. The number of thiazole rings is 1. The second-order valence-electron chi connectivity index (χ2n) is 4.31. The van der Waals surface area contributed by atoms with Crippen molar-refractivity contribution in [1.29, 1.82) is 0 Å². The van der Waals surface area contributed by atoms with Crippen molar-refractivity contribution in [2.75, 3.05) is 13.6 Å². The molecule has 1 aliphatic rings. The first-order chi connectivity index (χ1) is 6.72. The summed E-state index contributed by atoms with van der Waals surface area (Å²) in [6.45, 7) is 5.55. The summed E-state index contributed by atoms with van der Waals surface area (Å²) in [5.74, 6) is 1.31. The van der Waals surface area contributed by atoms with Crippen LogP contribution in [0.25, 0.3) is 0 Å². The first-order valence-corrected chi connectivity index (χ1v) is 6.18. The van der Waals surface area contributed by atoms with E-state index in [0.717, 1.165) is 12.5 Å². The Morgan fingerprint density at radius 1 is 1.57 bits per heavy atom. The molecule has 0 spiro atoms. The second-order valence-corrected chi connectivity index (χ2v) is 5.37. The van der Waals surface area contributed by atoms with Crippen molar-refractivity contribution in [3.05, 3.63) is 15.6 Å². The van der Waals surface area contributed by atoms with Gasteiger partial charge in [0.2, 0.25) is 0 Å². The highest BCUT2D eigenvalue weighted by Crippen LogP contribution is 2.38. The molecule has 0 saturated heterocycles. The summed E-state index contributed by atoms with van der Waals surface area (Å²) in [6, 6.07) is 0. The number of aromatic nitrogens is 1. The zero-order chi connectivity index (χ0) is 10.1. The van der Waals surface area contributed by atoms with Crippen LogP contribution in [0.2, 0.25) is 0 Å². The lowest BCUT2D eigenvalue weighted by atomic mass is 10.1. The summed E-state index contributed by atoms with van der Waals surface area (Å²) in [5.41, 5.74) is 1.37. The summed E-state index contributed by atoms with van der Waals surface area (Å²) in [5, 5.41) is 4.58. The maximum Gasteiger partial charge on any atom is 0.0956 e. The number of likely N-dealkylation sites (N-methyl/N-ethyl adjacent to an activating group) is 1. The minimum Gasteiger partial charge on any atom is -0.319 e. The van der Waals surface area contributed by atoms with Gasteiger partial charge in [0.05, 0.1) is 10.7 Å². The Morgan fingerprint density at radius 3 is 3.00 bits per heavy atom. The molecule has 3 heteroatoms. The molecule has 0 saturated carbocycles. The maximum absolute atomic E-state index is 4.71. The van der Waals surface area contributed by atoms with E-state index in [-0.39, 0.29) is 0 Å². The van der Waals surface area contributed by atoms with Crippen LogP contribution in [0.4, 0.5) is 0 Å². The number of nitrogens with zero attached hydrogens (tertiary/aromatic N) is 1. The van der Waals surface area contributed by atoms with E-state index in [0.29, 0.717) is 5.92 Å². The molecule has 2 nitrogen and oxygen atoms in total. The van der Waals surface area contributed by atoms with E-state index in [2.05, 4.69) is 19.2 Å². The van der Waals surface area contributed by atoms with Gasteiger partial charge in [-0.25, -0.2) is 4.98 Å². The van der Waals surface area contributed by atoms with Crippen LogP contribution in [0.15, 0.2) is 0 Å². The highest BCUT2D eigenvalue weighted by molar-refractivity contribution is 7.12. The quantitative estimate of drug-likeness (QED) is 0.829. The van der Waals surface area contributed by atoms with Gasteiger partial charge in [0, 0.05) is 23.3 Å². The van der Waals surface area contributed by atoms with Gasteiger partial charge in [-0.05, 0) is 19.9 Å². The lowest BCUT2D eigenvalue weighted by Gasteiger charge is -2.07. The Bertz CT molecular complexity index is 317. The zero-order valence-electron chi connectivity index (χ0n) is 9.13. The van der Waals surface area contributed by atoms with Gasteiger partial charge in [-0.2, -0.15) is 0 Å². The van der Waals surface area contributed by atoms with Crippen molar-refractivity contribution in [2.45, 2.75) is 38.5 Å². The normalized spacial score (nSPS) is 20.4. The average Bonchev–Trinajstić information content (AvgIpc) is 2.67. The van der Waals surface area contributed by atoms with Crippen LogP contribution in [0, 0.1) is 0 Å². The van der Waals surface area contributed by atoms with E-state index >= 15 is 0 Å². The van der Waals surface area contributed by atoms with E-state index in [4.69, 9.17) is 4.98 Å². The van der Waals surface area contributed by atoms with Crippen molar-refractivity contribution >= 4 is 11.3 Å². The largest absolute Gasteiger partial charge is 0.319 e. The second kappa shape index (κ2) is 3.99.